The summed E-state index contributed by atoms with van der Waals surface area (Å²) < 4.78 is 0. The summed E-state index contributed by atoms with van der Waals surface area (Å²) in [5.41, 5.74) is 11.0. The van der Waals surface area contributed by atoms with Crippen molar-refractivity contribution < 1.29 is 9.90 Å². The van der Waals surface area contributed by atoms with Crippen LogP contribution in [0, 0.1) is 5.92 Å². The Morgan fingerprint density at radius 1 is 1.60 bits per heavy atom. The van der Waals surface area contributed by atoms with Gasteiger partial charge in [-0.05, 0) is 18.8 Å². The predicted molar refractivity (Wildman–Crippen MR) is 58.0 cm³/mol. The number of carbonyl (C=O) groups excluding carboxylic acids is 1. The smallest absolute Gasteiger partial charge is 0.231 e. The zero-order valence-electron chi connectivity index (χ0n) is 9.22. The van der Waals surface area contributed by atoms with E-state index in [2.05, 4.69) is 0 Å². The minimum Gasteiger partial charge on any atom is -0.393 e. The summed E-state index contributed by atoms with van der Waals surface area (Å²) >= 11 is 0. The number of nitrogens with two attached hydrogens (primary N) is 2. The van der Waals surface area contributed by atoms with Crippen molar-refractivity contribution >= 4 is 5.91 Å². The molecule has 0 aromatic carbocycles. The summed E-state index contributed by atoms with van der Waals surface area (Å²) in [5, 5.41) is 9.75. The van der Waals surface area contributed by atoms with Gasteiger partial charge in [0.25, 0.3) is 0 Å². The third-order valence-corrected chi connectivity index (χ3v) is 2.93. The van der Waals surface area contributed by atoms with Crippen molar-refractivity contribution in [3.05, 3.63) is 0 Å². The fourth-order valence-electron chi connectivity index (χ4n) is 2.24. The van der Waals surface area contributed by atoms with Crippen LogP contribution in [0.1, 0.15) is 19.8 Å². The number of hydrogen-bond donors (Lipinski definition) is 3. The maximum Gasteiger partial charge on any atom is 0.231 e. The van der Waals surface area contributed by atoms with Crippen LogP contribution < -0.4 is 11.5 Å². The molecule has 0 aliphatic carbocycles. The molecule has 5 nitrogen and oxygen atoms in total. The highest BCUT2D eigenvalue weighted by Gasteiger charge is 2.29. The first-order chi connectivity index (χ1) is 7.02. The summed E-state index contributed by atoms with van der Waals surface area (Å²) in [6.07, 6.45) is 1.22. The average Bonchev–Trinajstić information content (AvgIpc) is 2.14. The Bertz CT molecular complexity index is 223. The van der Waals surface area contributed by atoms with Crippen LogP contribution in [0.2, 0.25) is 0 Å². The van der Waals surface area contributed by atoms with Crippen molar-refractivity contribution in [3.63, 3.8) is 0 Å². The quantitative estimate of drug-likeness (QED) is 0.554. The standard InChI is InChI=1S/C10H21N3O2/c1-2-9(14)7-3-8(11)5-13(4-7)6-10(12)15/h7-9,14H,2-6,11H2,1H3,(H2,12,15). The molecule has 1 amide bonds. The van der Waals surface area contributed by atoms with E-state index in [0.29, 0.717) is 13.1 Å². The number of amides is 1. The molecule has 5 N–H and O–H groups in total. The van der Waals surface area contributed by atoms with E-state index in [1.807, 2.05) is 11.8 Å². The van der Waals surface area contributed by atoms with Gasteiger partial charge in [-0.25, -0.2) is 0 Å². The topological polar surface area (TPSA) is 92.6 Å². The predicted octanol–water partition coefficient (Wildman–Crippen LogP) is -1.11. The molecule has 1 aliphatic rings. The first-order valence-corrected chi connectivity index (χ1v) is 5.47. The molecule has 0 saturated carbocycles. The molecule has 1 heterocycles. The summed E-state index contributed by atoms with van der Waals surface area (Å²) in [4.78, 5) is 12.7. The van der Waals surface area contributed by atoms with Crippen molar-refractivity contribution in [2.45, 2.75) is 31.9 Å². The monoisotopic (exact) mass is 215 g/mol. The van der Waals surface area contributed by atoms with E-state index in [0.717, 1.165) is 12.8 Å². The Morgan fingerprint density at radius 3 is 2.80 bits per heavy atom. The Morgan fingerprint density at radius 2 is 2.27 bits per heavy atom. The molecule has 1 rings (SSSR count). The molecule has 0 bridgehead atoms. The third-order valence-electron chi connectivity index (χ3n) is 2.93. The van der Waals surface area contributed by atoms with E-state index in [9.17, 15) is 9.90 Å². The lowest BCUT2D eigenvalue weighted by molar-refractivity contribution is -0.119. The average molecular weight is 215 g/mol. The number of aliphatic hydroxyl groups excluding tert-OH is 1. The summed E-state index contributed by atoms with van der Waals surface area (Å²) in [6, 6.07) is 0.0318. The highest BCUT2D eigenvalue weighted by molar-refractivity contribution is 5.75. The number of piperidine rings is 1. The zero-order valence-corrected chi connectivity index (χ0v) is 9.22. The fourth-order valence-corrected chi connectivity index (χ4v) is 2.24. The summed E-state index contributed by atoms with van der Waals surface area (Å²) in [5.74, 6) is -0.174. The fraction of sp³-hybridized carbons (Fsp3) is 0.900. The molecule has 0 aromatic rings. The van der Waals surface area contributed by atoms with Gasteiger partial charge in [-0.2, -0.15) is 0 Å². The van der Waals surface area contributed by atoms with Crippen molar-refractivity contribution in [1.82, 2.24) is 4.90 Å². The van der Waals surface area contributed by atoms with Gasteiger partial charge in [0.15, 0.2) is 0 Å². The molecule has 5 heteroatoms. The molecular formula is C10H21N3O2. The Balaban J connectivity index is 2.51. The molecule has 0 aromatic heterocycles. The van der Waals surface area contributed by atoms with Gasteiger partial charge in [0, 0.05) is 19.1 Å². The first-order valence-electron chi connectivity index (χ1n) is 5.47. The van der Waals surface area contributed by atoms with Crippen molar-refractivity contribution in [2.75, 3.05) is 19.6 Å². The van der Waals surface area contributed by atoms with Gasteiger partial charge in [-0.3, -0.25) is 9.69 Å². The molecule has 15 heavy (non-hydrogen) atoms. The van der Waals surface area contributed by atoms with Gasteiger partial charge in [0.2, 0.25) is 5.91 Å². The number of hydrogen-bond acceptors (Lipinski definition) is 4. The van der Waals surface area contributed by atoms with Crippen LogP contribution in [0.4, 0.5) is 0 Å². The minimum absolute atomic E-state index is 0.0318. The van der Waals surface area contributed by atoms with Gasteiger partial charge in [0.1, 0.15) is 0 Å². The molecule has 88 valence electrons. The van der Waals surface area contributed by atoms with E-state index in [1.165, 1.54) is 0 Å². The number of nitrogens with zero attached hydrogens (tertiary/aromatic N) is 1. The van der Waals surface area contributed by atoms with Crippen LogP contribution in [0.15, 0.2) is 0 Å². The highest BCUT2D eigenvalue weighted by atomic mass is 16.3. The van der Waals surface area contributed by atoms with E-state index < -0.39 is 0 Å². The molecule has 3 unspecified atom stereocenters. The van der Waals surface area contributed by atoms with Crippen LogP contribution in [-0.2, 0) is 4.79 Å². The van der Waals surface area contributed by atoms with Crippen LogP contribution in [0.3, 0.4) is 0 Å². The second-order valence-corrected chi connectivity index (χ2v) is 4.39. The molecular weight excluding hydrogens is 194 g/mol. The Kier molecular flexibility index (Phi) is 4.50. The maximum atomic E-state index is 10.8. The van der Waals surface area contributed by atoms with Gasteiger partial charge < -0.3 is 16.6 Å². The lowest BCUT2D eigenvalue weighted by Gasteiger charge is -2.37. The van der Waals surface area contributed by atoms with Crippen LogP contribution in [0.5, 0.6) is 0 Å². The zero-order chi connectivity index (χ0) is 11.4. The minimum atomic E-state index is -0.339. The van der Waals surface area contributed by atoms with Gasteiger partial charge >= 0.3 is 0 Å². The number of rotatable bonds is 4. The number of carbonyl (C=O) groups is 1. The third kappa shape index (κ3) is 3.77. The summed E-state index contributed by atoms with van der Waals surface area (Å²) in [6.45, 7) is 3.59. The first kappa shape index (κ1) is 12.4. The lowest BCUT2D eigenvalue weighted by atomic mass is 9.89. The second-order valence-electron chi connectivity index (χ2n) is 4.39. The molecule has 0 radical (unpaired) electrons. The molecule has 1 saturated heterocycles. The van der Waals surface area contributed by atoms with Gasteiger partial charge in [0.05, 0.1) is 12.6 Å². The van der Waals surface area contributed by atoms with Crippen molar-refractivity contribution in [2.24, 2.45) is 17.4 Å². The number of primary amides is 1. The molecule has 1 fully saturated rings. The molecule has 0 spiro atoms. The Hall–Kier alpha value is -0.650. The van der Waals surface area contributed by atoms with Gasteiger partial charge in [-0.15, -0.1) is 0 Å². The highest BCUT2D eigenvalue weighted by Crippen LogP contribution is 2.20. The van der Waals surface area contributed by atoms with E-state index in [1.54, 1.807) is 0 Å². The van der Waals surface area contributed by atoms with Crippen LogP contribution >= 0.6 is 0 Å². The van der Waals surface area contributed by atoms with E-state index in [4.69, 9.17) is 11.5 Å². The van der Waals surface area contributed by atoms with Crippen molar-refractivity contribution in [3.8, 4) is 0 Å². The van der Waals surface area contributed by atoms with Crippen LogP contribution in [-0.4, -0.2) is 47.7 Å². The normalized spacial score (nSPS) is 30.1. The summed E-state index contributed by atoms with van der Waals surface area (Å²) in [7, 11) is 0. The second kappa shape index (κ2) is 5.44. The van der Waals surface area contributed by atoms with Crippen molar-refractivity contribution in [1.29, 1.82) is 0 Å². The molecule has 1 aliphatic heterocycles. The van der Waals surface area contributed by atoms with E-state index >= 15 is 0 Å². The maximum absolute atomic E-state index is 10.8. The Labute approximate surface area is 90.4 Å². The van der Waals surface area contributed by atoms with Crippen LogP contribution in [0.25, 0.3) is 0 Å². The SMILES string of the molecule is CCC(O)C1CC(N)CN(CC(N)=O)C1. The van der Waals surface area contributed by atoms with E-state index in [-0.39, 0.29) is 30.5 Å². The number of likely N-dealkylation sites (tertiary alicyclic amines) is 1. The molecule has 3 atom stereocenters. The van der Waals surface area contributed by atoms with Gasteiger partial charge in [-0.1, -0.05) is 6.92 Å². The lowest BCUT2D eigenvalue weighted by Crippen LogP contribution is -2.51. The number of aliphatic hydroxyl groups is 1. The largest absolute Gasteiger partial charge is 0.393 e.